The average molecular weight is 262 g/mol. The van der Waals surface area contributed by atoms with Crippen molar-refractivity contribution in [3.05, 3.63) is 29.8 Å². The molecule has 1 amide bonds. The molecule has 0 spiro atoms. The molecule has 0 radical (unpaired) electrons. The van der Waals surface area contributed by atoms with Gasteiger partial charge >= 0.3 is 0 Å². The van der Waals surface area contributed by atoms with Crippen molar-refractivity contribution >= 4 is 5.91 Å². The molecule has 0 saturated carbocycles. The number of rotatable bonds is 5. The lowest BCUT2D eigenvalue weighted by atomic mass is 10.1. The monoisotopic (exact) mass is 262 g/mol. The number of aliphatic hydroxyl groups is 1. The Morgan fingerprint density at radius 2 is 2.05 bits per heavy atom. The first kappa shape index (κ1) is 15.0. The van der Waals surface area contributed by atoms with Crippen molar-refractivity contribution in [1.29, 1.82) is 5.26 Å². The van der Waals surface area contributed by atoms with Crippen LogP contribution < -0.4 is 10.1 Å². The second-order valence-electron chi connectivity index (χ2n) is 4.93. The summed E-state index contributed by atoms with van der Waals surface area (Å²) in [6.45, 7) is 5.00. The molecule has 0 aliphatic heterocycles. The Kier molecular flexibility index (Phi) is 4.90. The Morgan fingerprint density at radius 3 is 2.53 bits per heavy atom. The van der Waals surface area contributed by atoms with Crippen LogP contribution in [0.15, 0.2) is 24.3 Å². The van der Waals surface area contributed by atoms with Gasteiger partial charge in [0, 0.05) is 6.54 Å². The highest BCUT2D eigenvalue weighted by molar-refractivity contribution is 5.80. The topological polar surface area (TPSA) is 82.3 Å². The van der Waals surface area contributed by atoms with Gasteiger partial charge in [0.2, 0.25) is 0 Å². The van der Waals surface area contributed by atoms with Gasteiger partial charge in [0.25, 0.3) is 5.91 Å². The maximum absolute atomic E-state index is 11.7. The third kappa shape index (κ3) is 5.40. The standard InChI is InChI=1S/C14H18N2O3/c1-10(13(17)16-9-14(2,3)18)19-12-6-4-11(8-15)5-7-12/h4-7,10,18H,9H2,1-3H3,(H,16,17). The van der Waals surface area contributed by atoms with Crippen molar-refractivity contribution in [2.45, 2.75) is 32.5 Å². The van der Waals surface area contributed by atoms with E-state index in [9.17, 15) is 9.90 Å². The molecule has 19 heavy (non-hydrogen) atoms. The smallest absolute Gasteiger partial charge is 0.260 e. The molecule has 0 heterocycles. The Labute approximate surface area is 112 Å². The maximum Gasteiger partial charge on any atom is 0.260 e. The summed E-state index contributed by atoms with van der Waals surface area (Å²) in [6.07, 6.45) is -0.671. The minimum atomic E-state index is -0.955. The fourth-order valence-electron chi connectivity index (χ4n) is 1.31. The first-order valence-corrected chi connectivity index (χ1v) is 5.99. The second-order valence-corrected chi connectivity index (χ2v) is 4.93. The quantitative estimate of drug-likeness (QED) is 0.835. The normalized spacial score (nSPS) is 12.4. The average Bonchev–Trinajstić information content (AvgIpc) is 2.36. The van der Waals surface area contributed by atoms with E-state index in [0.29, 0.717) is 11.3 Å². The fraction of sp³-hybridized carbons (Fsp3) is 0.429. The van der Waals surface area contributed by atoms with Crippen molar-refractivity contribution in [1.82, 2.24) is 5.32 Å². The lowest BCUT2D eigenvalue weighted by Crippen LogP contribution is -2.43. The molecule has 0 aliphatic rings. The Hall–Kier alpha value is -2.06. The number of amides is 1. The maximum atomic E-state index is 11.7. The van der Waals surface area contributed by atoms with Gasteiger partial charge in [-0.15, -0.1) is 0 Å². The highest BCUT2D eigenvalue weighted by Gasteiger charge is 2.18. The molecule has 102 valence electrons. The SMILES string of the molecule is CC(Oc1ccc(C#N)cc1)C(=O)NCC(C)(C)O. The molecule has 0 saturated heterocycles. The molecule has 1 aromatic rings. The van der Waals surface area contributed by atoms with Crippen molar-refractivity contribution in [2.24, 2.45) is 0 Å². The third-order valence-corrected chi connectivity index (χ3v) is 2.36. The fourth-order valence-corrected chi connectivity index (χ4v) is 1.31. The first-order valence-electron chi connectivity index (χ1n) is 5.99. The van der Waals surface area contributed by atoms with E-state index in [2.05, 4.69) is 5.32 Å². The highest BCUT2D eigenvalue weighted by atomic mass is 16.5. The first-order chi connectivity index (χ1) is 8.81. The van der Waals surface area contributed by atoms with Crippen LogP contribution in [-0.4, -0.2) is 29.3 Å². The summed E-state index contributed by atoms with van der Waals surface area (Å²) in [6, 6.07) is 8.52. The van der Waals surface area contributed by atoms with Gasteiger partial charge in [-0.2, -0.15) is 5.26 Å². The molecule has 1 atom stereocenters. The molecule has 0 aliphatic carbocycles. The predicted molar refractivity (Wildman–Crippen MR) is 70.6 cm³/mol. The van der Waals surface area contributed by atoms with Crippen LogP contribution in [0, 0.1) is 11.3 Å². The second kappa shape index (κ2) is 6.21. The Balaban J connectivity index is 2.51. The van der Waals surface area contributed by atoms with Gasteiger partial charge < -0.3 is 15.2 Å². The zero-order valence-electron chi connectivity index (χ0n) is 11.3. The lowest BCUT2D eigenvalue weighted by molar-refractivity contribution is -0.128. The van der Waals surface area contributed by atoms with Gasteiger partial charge in [0.15, 0.2) is 6.10 Å². The van der Waals surface area contributed by atoms with Gasteiger partial charge in [0.1, 0.15) is 5.75 Å². The largest absolute Gasteiger partial charge is 0.481 e. The molecule has 1 unspecified atom stereocenters. The van der Waals surface area contributed by atoms with Crippen molar-refractivity contribution < 1.29 is 14.6 Å². The van der Waals surface area contributed by atoms with E-state index in [-0.39, 0.29) is 12.5 Å². The van der Waals surface area contributed by atoms with Crippen LogP contribution in [0.25, 0.3) is 0 Å². The van der Waals surface area contributed by atoms with E-state index in [4.69, 9.17) is 10.00 Å². The van der Waals surface area contributed by atoms with E-state index in [1.54, 1.807) is 45.0 Å². The van der Waals surface area contributed by atoms with E-state index in [1.165, 1.54) is 0 Å². The molecule has 1 rings (SSSR count). The van der Waals surface area contributed by atoms with Gasteiger partial charge in [-0.3, -0.25) is 4.79 Å². The van der Waals surface area contributed by atoms with Crippen molar-refractivity contribution in [3.63, 3.8) is 0 Å². The van der Waals surface area contributed by atoms with E-state index >= 15 is 0 Å². The van der Waals surface area contributed by atoms with Crippen LogP contribution in [0.5, 0.6) is 5.75 Å². The number of carbonyl (C=O) groups excluding carboxylic acids is 1. The minimum Gasteiger partial charge on any atom is -0.481 e. The Bertz CT molecular complexity index is 469. The van der Waals surface area contributed by atoms with Crippen LogP contribution in [0.1, 0.15) is 26.3 Å². The molecule has 0 bridgehead atoms. The molecule has 0 fully saturated rings. The number of hydrogen-bond donors (Lipinski definition) is 2. The molecular weight excluding hydrogens is 244 g/mol. The lowest BCUT2D eigenvalue weighted by Gasteiger charge is -2.20. The number of benzene rings is 1. The molecular formula is C14H18N2O3. The number of ether oxygens (including phenoxy) is 1. The molecule has 1 aromatic carbocycles. The van der Waals surface area contributed by atoms with Crippen LogP contribution in [0.4, 0.5) is 0 Å². The van der Waals surface area contributed by atoms with Crippen LogP contribution >= 0.6 is 0 Å². The third-order valence-electron chi connectivity index (χ3n) is 2.36. The number of nitrogens with zero attached hydrogens (tertiary/aromatic N) is 1. The van der Waals surface area contributed by atoms with Crippen LogP contribution in [0.3, 0.4) is 0 Å². The Morgan fingerprint density at radius 1 is 1.47 bits per heavy atom. The van der Waals surface area contributed by atoms with Crippen molar-refractivity contribution in [2.75, 3.05) is 6.54 Å². The van der Waals surface area contributed by atoms with Crippen LogP contribution in [0.2, 0.25) is 0 Å². The molecule has 5 nitrogen and oxygen atoms in total. The number of nitriles is 1. The summed E-state index contributed by atoms with van der Waals surface area (Å²) in [4.78, 5) is 11.7. The number of hydrogen-bond acceptors (Lipinski definition) is 4. The van der Waals surface area contributed by atoms with Crippen LogP contribution in [-0.2, 0) is 4.79 Å². The molecule has 2 N–H and O–H groups in total. The zero-order valence-corrected chi connectivity index (χ0v) is 11.3. The summed E-state index contributed by atoms with van der Waals surface area (Å²) in [5, 5.41) is 20.8. The summed E-state index contributed by atoms with van der Waals surface area (Å²) in [7, 11) is 0. The predicted octanol–water partition coefficient (Wildman–Crippen LogP) is 1.21. The summed E-state index contributed by atoms with van der Waals surface area (Å²) in [5.74, 6) is 0.219. The minimum absolute atomic E-state index is 0.160. The molecule has 0 aromatic heterocycles. The van der Waals surface area contributed by atoms with Gasteiger partial charge in [-0.05, 0) is 45.0 Å². The summed E-state index contributed by atoms with van der Waals surface area (Å²) in [5.41, 5.74) is -0.421. The van der Waals surface area contributed by atoms with E-state index in [1.807, 2.05) is 6.07 Å². The zero-order chi connectivity index (χ0) is 14.5. The van der Waals surface area contributed by atoms with E-state index in [0.717, 1.165) is 0 Å². The van der Waals surface area contributed by atoms with Gasteiger partial charge in [-0.25, -0.2) is 0 Å². The van der Waals surface area contributed by atoms with E-state index < -0.39 is 11.7 Å². The van der Waals surface area contributed by atoms with Gasteiger partial charge in [-0.1, -0.05) is 0 Å². The van der Waals surface area contributed by atoms with Crippen molar-refractivity contribution in [3.8, 4) is 11.8 Å². The van der Waals surface area contributed by atoms with Gasteiger partial charge in [0.05, 0.1) is 17.2 Å². The summed E-state index contributed by atoms with van der Waals surface area (Å²) >= 11 is 0. The summed E-state index contributed by atoms with van der Waals surface area (Å²) < 4.78 is 5.44. The number of carbonyl (C=O) groups is 1. The number of nitrogens with one attached hydrogen (secondary N) is 1. The molecule has 5 heteroatoms. The highest BCUT2D eigenvalue weighted by Crippen LogP contribution is 2.13.